The monoisotopic (exact) mass is 489 g/mol. The van der Waals surface area contributed by atoms with Crippen molar-refractivity contribution >= 4 is 22.6 Å². The fourth-order valence-electron chi connectivity index (χ4n) is 4.38. The van der Waals surface area contributed by atoms with Crippen molar-refractivity contribution in [1.29, 1.82) is 0 Å². The molecule has 7 heteroatoms. The van der Waals surface area contributed by atoms with E-state index >= 15 is 0 Å². The molecule has 2 N–H and O–H groups in total. The van der Waals surface area contributed by atoms with Crippen molar-refractivity contribution in [2.45, 2.75) is 32.4 Å². The first-order valence-corrected chi connectivity index (χ1v) is 11.9. The summed E-state index contributed by atoms with van der Waals surface area (Å²) in [5.41, 5.74) is 3.86. The summed E-state index contributed by atoms with van der Waals surface area (Å²) in [6, 6.07) is 17.7. The van der Waals surface area contributed by atoms with Gasteiger partial charge in [0.15, 0.2) is 5.78 Å². The number of rotatable bonds is 10. The molecule has 0 bridgehead atoms. The number of hydrogen-bond donors (Lipinski definition) is 2. The first-order chi connectivity index (χ1) is 17.3. The molecule has 1 aromatic heterocycles. The molecule has 0 saturated carbocycles. The molecule has 3 aromatic carbocycles. The second-order valence-corrected chi connectivity index (χ2v) is 8.92. The highest BCUT2D eigenvalue weighted by molar-refractivity contribution is 6.08. The van der Waals surface area contributed by atoms with Crippen LogP contribution in [-0.4, -0.2) is 28.8 Å². The third-order valence-corrected chi connectivity index (χ3v) is 6.23. The molecular formula is C29H29F2N3O2. The molecule has 0 aliphatic rings. The van der Waals surface area contributed by atoms with Gasteiger partial charge in [-0.2, -0.15) is 0 Å². The molecule has 0 fully saturated rings. The summed E-state index contributed by atoms with van der Waals surface area (Å²) in [7, 11) is 1.84. The summed E-state index contributed by atoms with van der Waals surface area (Å²) in [5, 5.41) is 6.70. The highest BCUT2D eigenvalue weighted by Gasteiger charge is 2.24. The van der Waals surface area contributed by atoms with Gasteiger partial charge in [0.05, 0.1) is 18.2 Å². The Bertz CT molecular complexity index is 1380. The summed E-state index contributed by atoms with van der Waals surface area (Å²) >= 11 is 0. The van der Waals surface area contributed by atoms with Crippen LogP contribution in [0.3, 0.4) is 0 Å². The lowest BCUT2D eigenvalue weighted by Gasteiger charge is -2.18. The van der Waals surface area contributed by atoms with E-state index in [0.29, 0.717) is 17.7 Å². The van der Waals surface area contributed by atoms with Crippen LogP contribution in [0, 0.1) is 11.6 Å². The number of carbonyl (C=O) groups is 2. The van der Waals surface area contributed by atoms with Crippen LogP contribution in [0.2, 0.25) is 0 Å². The van der Waals surface area contributed by atoms with Crippen LogP contribution in [0.1, 0.15) is 34.0 Å². The second kappa shape index (κ2) is 11.3. The van der Waals surface area contributed by atoms with Gasteiger partial charge in [0.2, 0.25) is 0 Å². The summed E-state index contributed by atoms with van der Waals surface area (Å²) in [5.74, 6) is -2.16. The Morgan fingerprint density at radius 1 is 0.917 bits per heavy atom. The normalized spacial score (nSPS) is 12.0. The number of aryl methyl sites for hydroxylation is 2. The Morgan fingerprint density at radius 3 is 2.39 bits per heavy atom. The zero-order valence-corrected chi connectivity index (χ0v) is 20.4. The van der Waals surface area contributed by atoms with Gasteiger partial charge >= 0.3 is 0 Å². The Balaban J connectivity index is 1.52. The Kier molecular flexibility index (Phi) is 7.90. The molecule has 0 saturated heterocycles. The highest BCUT2D eigenvalue weighted by atomic mass is 19.1. The predicted octanol–water partition coefficient (Wildman–Crippen LogP) is 4.72. The van der Waals surface area contributed by atoms with Crippen LogP contribution in [0.15, 0.2) is 72.9 Å². The van der Waals surface area contributed by atoms with Gasteiger partial charge < -0.3 is 15.2 Å². The molecule has 1 atom stereocenters. The molecule has 0 aliphatic carbocycles. The third kappa shape index (κ3) is 6.04. The maximum absolute atomic E-state index is 13.8. The number of carbonyl (C=O) groups excluding carboxylic acids is 2. The first-order valence-electron chi connectivity index (χ1n) is 11.9. The maximum Gasteiger partial charge on any atom is 0.254 e. The standard InChI is InChI=1S/C29H29F2N3O2/c1-3-19-7-6-8-20(11-19)16-32-17-28(35)26(14-21-12-22(30)15-23(31)13-21)33-29(36)25-18-34(2)27-10-5-4-9-24(25)27/h4-13,15,18,26,32H,3,14,16-17H2,1-2H3,(H,33,36). The SMILES string of the molecule is CCc1cccc(CNCC(=O)C(Cc2cc(F)cc(F)c2)NC(=O)c2cn(C)c3ccccc23)c1. The van der Waals surface area contributed by atoms with E-state index in [1.807, 2.05) is 54.1 Å². The van der Waals surface area contributed by atoms with Crippen LogP contribution < -0.4 is 10.6 Å². The molecular weight excluding hydrogens is 460 g/mol. The molecule has 0 radical (unpaired) electrons. The van der Waals surface area contributed by atoms with Crippen LogP contribution in [0.25, 0.3) is 10.9 Å². The smallest absolute Gasteiger partial charge is 0.254 e. The van der Waals surface area contributed by atoms with Gasteiger partial charge in [-0.05, 0) is 41.3 Å². The number of benzene rings is 3. The van der Waals surface area contributed by atoms with Gasteiger partial charge in [-0.15, -0.1) is 0 Å². The number of nitrogens with one attached hydrogen (secondary N) is 2. The van der Waals surface area contributed by atoms with Crippen LogP contribution in [0.4, 0.5) is 8.78 Å². The molecule has 0 aliphatic heterocycles. The fraction of sp³-hybridized carbons (Fsp3) is 0.241. The minimum Gasteiger partial charge on any atom is -0.350 e. The van der Waals surface area contributed by atoms with Gasteiger partial charge in [-0.3, -0.25) is 9.59 Å². The molecule has 0 spiro atoms. The number of hydrogen-bond acceptors (Lipinski definition) is 3. The van der Waals surface area contributed by atoms with Gasteiger partial charge in [-0.1, -0.05) is 49.4 Å². The van der Waals surface area contributed by atoms with Crippen molar-refractivity contribution in [3.8, 4) is 0 Å². The van der Waals surface area contributed by atoms with Crippen LogP contribution in [0.5, 0.6) is 0 Å². The Labute approximate surface area is 209 Å². The second-order valence-electron chi connectivity index (χ2n) is 8.92. The number of para-hydroxylation sites is 1. The number of ketones is 1. The predicted molar refractivity (Wildman–Crippen MR) is 137 cm³/mol. The van der Waals surface area contributed by atoms with E-state index in [0.717, 1.165) is 29.0 Å². The lowest BCUT2D eigenvalue weighted by molar-refractivity contribution is -0.120. The number of nitrogens with zero attached hydrogens (tertiary/aromatic N) is 1. The topological polar surface area (TPSA) is 63.1 Å². The molecule has 1 heterocycles. The van der Waals surface area contributed by atoms with Crippen LogP contribution >= 0.6 is 0 Å². The minimum atomic E-state index is -0.966. The maximum atomic E-state index is 13.8. The summed E-state index contributed by atoms with van der Waals surface area (Å²) < 4.78 is 29.5. The average Bonchev–Trinajstić information content (AvgIpc) is 3.20. The fourth-order valence-corrected chi connectivity index (χ4v) is 4.38. The van der Waals surface area contributed by atoms with Gasteiger partial charge in [0, 0.05) is 43.2 Å². The molecule has 1 unspecified atom stereocenters. The molecule has 5 nitrogen and oxygen atoms in total. The zero-order valence-electron chi connectivity index (χ0n) is 20.4. The Hall–Kier alpha value is -3.84. The highest BCUT2D eigenvalue weighted by Crippen LogP contribution is 2.20. The number of halogens is 2. The summed E-state index contributed by atoms with van der Waals surface area (Å²) in [4.78, 5) is 26.4. The van der Waals surface area contributed by atoms with Crippen LogP contribution in [-0.2, 0) is 31.2 Å². The molecule has 1 amide bonds. The van der Waals surface area contributed by atoms with Gasteiger partial charge in [0.25, 0.3) is 5.91 Å². The number of amides is 1. The molecule has 4 rings (SSSR count). The van der Waals surface area contributed by atoms with E-state index in [1.165, 1.54) is 17.7 Å². The van der Waals surface area contributed by atoms with Crippen molar-refractivity contribution in [1.82, 2.24) is 15.2 Å². The van der Waals surface area contributed by atoms with E-state index in [1.54, 1.807) is 6.20 Å². The summed E-state index contributed by atoms with van der Waals surface area (Å²) in [6.45, 7) is 2.56. The van der Waals surface area contributed by atoms with E-state index in [4.69, 9.17) is 0 Å². The van der Waals surface area contributed by atoms with Crippen molar-refractivity contribution in [2.24, 2.45) is 7.05 Å². The van der Waals surface area contributed by atoms with Crippen molar-refractivity contribution in [2.75, 3.05) is 6.54 Å². The third-order valence-electron chi connectivity index (χ3n) is 6.23. The van der Waals surface area contributed by atoms with Crippen molar-refractivity contribution in [3.63, 3.8) is 0 Å². The number of aromatic nitrogens is 1. The van der Waals surface area contributed by atoms with E-state index in [-0.39, 0.29) is 18.7 Å². The van der Waals surface area contributed by atoms with E-state index in [9.17, 15) is 18.4 Å². The first kappa shape index (κ1) is 25.3. The largest absolute Gasteiger partial charge is 0.350 e. The Morgan fingerprint density at radius 2 is 1.64 bits per heavy atom. The summed E-state index contributed by atoms with van der Waals surface area (Å²) in [6.07, 6.45) is 2.60. The molecule has 36 heavy (non-hydrogen) atoms. The van der Waals surface area contributed by atoms with Crippen molar-refractivity contribution in [3.05, 3.63) is 107 Å². The minimum absolute atomic E-state index is 0.00532. The molecule has 186 valence electrons. The lowest BCUT2D eigenvalue weighted by atomic mass is 10.0. The zero-order chi connectivity index (χ0) is 25.7. The van der Waals surface area contributed by atoms with Gasteiger partial charge in [0.1, 0.15) is 11.6 Å². The van der Waals surface area contributed by atoms with Gasteiger partial charge in [-0.25, -0.2) is 8.78 Å². The number of Topliss-reactive ketones (excluding diaryl/α,β-unsaturated/α-hetero) is 1. The average molecular weight is 490 g/mol. The van der Waals surface area contributed by atoms with E-state index < -0.39 is 23.6 Å². The van der Waals surface area contributed by atoms with E-state index in [2.05, 4.69) is 23.6 Å². The quantitative estimate of drug-likeness (QED) is 0.339. The molecule has 4 aromatic rings. The number of fused-ring (bicyclic) bond motifs is 1. The van der Waals surface area contributed by atoms with Crippen molar-refractivity contribution < 1.29 is 18.4 Å². The lowest BCUT2D eigenvalue weighted by Crippen LogP contribution is -2.45.